The monoisotopic (exact) mass is 294 g/mol. The summed E-state index contributed by atoms with van der Waals surface area (Å²) in [5.41, 5.74) is 1.68. The zero-order chi connectivity index (χ0) is 13.7. The van der Waals surface area contributed by atoms with Gasteiger partial charge in [0.05, 0.1) is 0 Å². The summed E-state index contributed by atoms with van der Waals surface area (Å²) in [5, 5.41) is 6.88. The van der Waals surface area contributed by atoms with Gasteiger partial charge in [-0.25, -0.2) is 4.98 Å². The molecule has 0 aliphatic heterocycles. The molecule has 5 heteroatoms. The molecule has 3 nitrogen and oxygen atoms in total. The molecular formula is C14H18N2OS2. The SMILES string of the molecule is CCCN(CCC)C(=O)c1csc(-c2ccsc2)n1. The predicted molar refractivity (Wildman–Crippen MR) is 81.9 cm³/mol. The molecule has 1 amide bonds. The van der Waals surface area contributed by atoms with Crippen LogP contribution in [0.15, 0.2) is 22.2 Å². The minimum atomic E-state index is 0.0569. The Morgan fingerprint density at radius 2 is 2.00 bits per heavy atom. The summed E-state index contributed by atoms with van der Waals surface area (Å²) in [6.07, 6.45) is 1.96. The summed E-state index contributed by atoms with van der Waals surface area (Å²) in [7, 11) is 0. The number of carbonyl (C=O) groups excluding carboxylic acids is 1. The molecule has 0 aliphatic rings. The van der Waals surface area contributed by atoms with Gasteiger partial charge in [-0.05, 0) is 24.3 Å². The molecule has 0 aliphatic carbocycles. The number of thiophene rings is 1. The Hall–Kier alpha value is -1.20. The normalized spacial score (nSPS) is 10.6. The first kappa shape index (κ1) is 14.2. The molecule has 0 saturated heterocycles. The van der Waals surface area contributed by atoms with Gasteiger partial charge in [-0.3, -0.25) is 4.79 Å². The summed E-state index contributed by atoms with van der Waals surface area (Å²) >= 11 is 3.18. The molecule has 0 fully saturated rings. The van der Waals surface area contributed by atoms with Gasteiger partial charge in [-0.2, -0.15) is 11.3 Å². The van der Waals surface area contributed by atoms with E-state index in [1.54, 1.807) is 11.3 Å². The van der Waals surface area contributed by atoms with E-state index < -0.39 is 0 Å². The van der Waals surface area contributed by atoms with Crippen LogP contribution >= 0.6 is 22.7 Å². The Morgan fingerprint density at radius 3 is 2.58 bits per heavy atom. The van der Waals surface area contributed by atoms with Gasteiger partial charge in [0.2, 0.25) is 0 Å². The fourth-order valence-corrected chi connectivity index (χ4v) is 3.41. The number of nitrogens with zero attached hydrogens (tertiary/aromatic N) is 2. The number of rotatable bonds is 6. The van der Waals surface area contributed by atoms with Gasteiger partial charge in [0.15, 0.2) is 0 Å². The molecule has 19 heavy (non-hydrogen) atoms. The van der Waals surface area contributed by atoms with E-state index in [-0.39, 0.29) is 5.91 Å². The smallest absolute Gasteiger partial charge is 0.273 e. The van der Waals surface area contributed by atoms with Crippen molar-refractivity contribution < 1.29 is 4.79 Å². The van der Waals surface area contributed by atoms with Gasteiger partial charge >= 0.3 is 0 Å². The zero-order valence-electron chi connectivity index (χ0n) is 11.3. The number of hydrogen-bond donors (Lipinski definition) is 0. The summed E-state index contributed by atoms with van der Waals surface area (Å²) in [5.74, 6) is 0.0569. The Morgan fingerprint density at radius 1 is 1.26 bits per heavy atom. The van der Waals surface area contributed by atoms with Crippen LogP contribution in [0.4, 0.5) is 0 Å². The van der Waals surface area contributed by atoms with Crippen LogP contribution in [-0.2, 0) is 0 Å². The quantitative estimate of drug-likeness (QED) is 0.802. The molecule has 0 spiro atoms. The van der Waals surface area contributed by atoms with Gasteiger partial charge in [0, 0.05) is 29.4 Å². The van der Waals surface area contributed by atoms with E-state index in [4.69, 9.17) is 0 Å². The molecule has 2 aromatic heterocycles. The number of hydrogen-bond acceptors (Lipinski definition) is 4. The second kappa shape index (κ2) is 6.82. The lowest BCUT2D eigenvalue weighted by molar-refractivity contribution is 0.0750. The van der Waals surface area contributed by atoms with Crippen molar-refractivity contribution in [2.45, 2.75) is 26.7 Å². The van der Waals surface area contributed by atoms with E-state index in [9.17, 15) is 4.79 Å². The number of thiazole rings is 1. The first-order chi connectivity index (χ1) is 9.26. The van der Waals surface area contributed by atoms with Crippen LogP contribution in [0.25, 0.3) is 10.6 Å². The minimum Gasteiger partial charge on any atom is -0.337 e. The van der Waals surface area contributed by atoms with Crippen LogP contribution < -0.4 is 0 Å². The van der Waals surface area contributed by atoms with Crippen molar-refractivity contribution in [3.63, 3.8) is 0 Å². The fourth-order valence-electron chi connectivity index (χ4n) is 1.91. The maximum atomic E-state index is 12.4. The molecule has 0 radical (unpaired) electrons. The van der Waals surface area contributed by atoms with E-state index in [0.717, 1.165) is 36.5 Å². The van der Waals surface area contributed by atoms with Crippen LogP contribution in [-0.4, -0.2) is 28.9 Å². The third-order valence-electron chi connectivity index (χ3n) is 2.77. The van der Waals surface area contributed by atoms with Crippen molar-refractivity contribution in [1.29, 1.82) is 0 Å². The van der Waals surface area contributed by atoms with Crippen molar-refractivity contribution >= 4 is 28.6 Å². The van der Waals surface area contributed by atoms with Gasteiger partial charge in [0.1, 0.15) is 10.7 Å². The third kappa shape index (κ3) is 3.42. The summed E-state index contributed by atoms with van der Waals surface area (Å²) < 4.78 is 0. The molecule has 2 aromatic rings. The first-order valence-corrected chi connectivity index (χ1v) is 8.35. The first-order valence-electron chi connectivity index (χ1n) is 6.53. The standard InChI is InChI=1S/C14H18N2OS2/c1-3-6-16(7-4-2)14(17)12-10-19-13(15-12)11-5-8-18-9-11/h5,8-10H,3-4,6-7H2,1-2H3. The molecule has 0 unspecified atom stereocenters. The van der Waals surface area contributed by atoms with Crippen LogP contribution in [0.5, 0.6) is 0 Å². The van der Waals surface area contributed by atoms with E-state index >= 15 is 0 Å². The highest BCUT2D eigenvalue weighted by atomic mass is 32.1. The molecule has 2 rings (SSSR count). The van der Waals surface area contributed by atoms with Crippen LogP contribution in [0, 0.1) is 0 Å². The molecule has 2 heterocycles. The average Bonchev–Trinajstić information content (AvgIpc) is 3.08. The Labute approximate surface area is 121 Å². The van der Waals surface area contributed by atoms with Gasteiger partial charge < -0.3 is 4.90 Å². The average molecular weight is 294 g/mol. The lowest BCUT2D eigenvalue weighted by Gasteiger charge is -2.20. The van der Waals surface area contributed by atoms with Crippen LogP contribution in [0.3, 0.4) is 0 Å². The molecule has 0 saturated carbocycles. The highest BCUT2D eigenvalue weighted by Gasteiger charge is 2.17. The molecule has 0 aromatic carbocycles. The Bertz CT molecular complexity index is 513. The topological polar surface area (TPSA) is 33.2 Å². The highest BCUT2D eigenvalue weighted by molar-refractivity contribution is 7.14. The molecule has 0 atom stereocenters. The molecular weight excluding hydrogens is 276 g/mol. The number of amides is 1. The number of aromatic nitrogens is 1. The minimum absolute atomic E-state index is 0.0569. The lowest BCUT2D eigenvalue weighted by Crippen LogP contribution is -2.32. The number of carbonyl (C=O) groups is 1. The fraction of sp³-hybridized carbons (Fsp3) is 0.429. The Kier molecular flexibility index (Phi) is 5.10. The maximum absolute atomic E-state index is 12.4. The van der Waals surface area contributed by atoms with Crippen molar-refractivity contribution in [1.82, 2.24) is 9.88 Å². The van der Waals surface area contributed by atoms with Gasteiger partial charge in [-0.1, -0.05) is 13.8 Å². The van der Waals surface area contributed by atoms with E-state index in [2.05, 4.69) is 24.2 Å². The van der Waals surface area contributed by atoms with Crippen molar-refractivity contribution in [3.05, 3.63) is 27.9 Å². The van der Waals surface area contributed by atoms with E-state index in [1.807, 2.05) is 21.7 Å². The predicted octanol–water partition coefficient (Wildman–Crippen LogP) is 4.13. The second-order valence-electron chi connectivity index (χ2n) is 4.34. The van der Waals surface area contributed by atoms with Gasteiger partial charge in [-0.15, -0.1) is 11.3 Å². The maximum Gasteiger partial charge on any atom is 0.273 e. The van der Waals surface area contributed by atoms with E-state index in [0.29, 0.717) is 5.69 Å². The third-order valence-corrected chi connectivity index (χ3v) is 4.34. The summed E-state index contributed by atoms with van der Waals surface area (Å²) in [6, 6.07) is 2.04. The van der Waals surface area contributed by atoms with Crippen molar-refractivity contribution in [3.8, 4) is 10.6 Å². The largest absolute Gasteiger partial charge is 0.337 e. The molecule has 0 bridgehead atoms. The Balaban J connectivity index is 2.14. The summed E-state index contributed by atoms with van der Waals surface area (Å²) in [6.45, 7) is 5.79. The second-order valence-corrected chi connectivity index (χ2v) is 5.98. The van der Waals surface area contributed by atoms with Crippen molar-refractivity contribution in [2.75, 3.05) is 13.1 Å². The van der Waals surface area contributed by atoms with E-state index in [1.165, 1.54) is 11.3 Å². The van der Waals surface area contributed by atoms with Crippen LogP contribution in [0.2, 0.25) is 0 Å². The highest BCUT2D eigenvalue weighted by Crippen LogP contribution is 2.26. The van der Waals surface area contributed by atoms with Gasteiger partial charge in [0.25, 0.3) is 5.91 Å². The lowest BCUT2D eigenvalue weighted by atomic mass is 10.3. The molecule has 102 valence electrons. The summed E-state index contributed by atoms with van der Waals surface area (Å²) in [4.78, 5) is 18.7. The molecule has 0 N–H and O–H groups in total. The van der Waals surface area contributed by atoms with Crippen LogP contribution in [0.1, 0.15) is 37.2 Å². The van der Waals surface area contributed by atoms with Crippen molar-refractivity contribution in [2.24, 2.45) is 0 Å². The zero-order valence-corrected chi connectivity index (χ0v) is 12.9.